The van der Waals surface area contributed by atoms with Gasteiger partial charge in [-0.1, -0.05) is 87.0 Å². The molecular weight excluding hydrogens is 786 g/mol. The largest absolute Gasteiger partial charge is 2.00 e. The van der Waals surface area contributed by atoms with Gasteiger partial charge in [-0.2, -0.15) is 6.07 Å². The Morgan fingerprint density at radius 2 is 1.61 bits per heavy atom. The summed E-state index contributed by atoms with van der Waals surface area (Å²) in [7, 11) is 1.99. The summed E-state index contributed by atoms with van der Waals surface area (Å²) in [6.45, 7) is 14.4. The molecule has 0 aliphatic heterocycles. The molecule has 0 amide bonds. The van der Waals surface area contributed by atoms with E-state index in [2.05, 4.69) is 114 Å². The molecule has 0 atom stereocenters. The molecule has 4 heterocycles. The van der Waals surface area contributed by atoms with E-state index in [9.17, 15) is 0 Å². The molecule has 7 heteroatoms. The summed E-state index contributed by atoms with van der Waals surface area (Å²) >= 11 is 0. The molecule has 8 aromatic rings. The Balaban J connectivity index is 0.00000378. The first-order valence-electron chi connectivity index (χ1n) is 15.8. The number of aryl methyl sites for hydroxylation is 1. The maximum atomic E-state index is 7.76. The molecule has 0 saturated carbocycles. The zero-order valence-electron chi connectivity index (χ0n) is 27.4. The van der Waals surface area contributed by atoms with Crippen LogP contribution < -0.4 is 4.74 Å². The van der Waals surface area contributed by atoms with E-state index < -0.39 is 0 Å². The van der Waals surface area contributed by atoms with Crippen molar-refractivity contribution in [3.8, 4) is 39.7 Å². The van der Waals surface area contributed by atoms with Crippen molar-refractivity contribution < 1.29 is 25.8 Å². The van der Waals surface area contributed by atoms with Gasteiger partial charge in [0.2, 0.25) is 0 Å². The van der Waals surface area contributed by atoms with Crippen LogP contribution in [0.1, 0.15) is 26.3 Å². The molecule has 49 heavy (non-hydrogen) atoms. The molecule has 0 aliphatic rings. The van der Waals surface area contributed by atoms with Crippen molar-refractivity contribution in [3.63, 3.8) is 0 Å². The number of aromatic nitrogens is 4. The molecule has 0 bridgehead atoms. The van der Waals surface area contributed by atoms with Gasteiger partial charge in [0.15, 0.2) is 0 Å². The molecule has 0 spiro atoms. The van der Waals surface area contributed by atoms with Gasteiger partial charge in [-0.15, -0.1) is 29.1 Å². The van der Waals surface area contributed by atoms with Crippen LogP contribution in [0.4, 0.5) is 5.69 Å². The average Bonchev–Trinajstić information content (AvgIpc) is 3.64. The minimum Gasteiger partial charge on any atom is -0.504 e. The van der Waals surface area contributed by atoms with Gasteiger partial charge in [0.25, 0.3) is 0 Å². The Kier molecular flexibility index (Phi) is 8.18. The predicted molar refractivity (Wildman–Crippen MR) is 193 cm³/mol. The standard InChI is InChI=1S/C42H31N5O.Pt/c1-42(2,3)31-15-17-44-41(23-31)47-38-14-11-28(27-9-7-6-8-10-27)21-36(38)35-13-12-33(25-39(35)47)48-34-20-30(19-32(24-34)43-4)37-22-29-16-18-46(5)40(29)26-45-37;/h6-19,21-24,26H,1-3,5H3;/q-2;+2. The molecule has 6 nitrogen and oxygen atoms in total. The van der Waals surface area contributed by atoms with E-state index in [1.165, 1.54) is 5.56 Å². The molecule has 4 aromatic heterocycles. The normalized spacial score (nSPS) is 11.5. The van der Waals surface area contributed by atoms with E-state index >= 15 is 0 Å². The molecule has 8 rings (SSSR count). The molecule has 4 aromatic carbocycles. The van der Waals surface area contributed by atoms with Gasteiger partial charge in [-0.05, 0) is 62.8 Å². The molecule has 0 aliphatic carbocycles. The zero-order valence-corrected chi connectivity index (χ0v) is 29.7. The van der Waals surface area contributed by atoms with Crippen LogP contribution in [-0.4, -0.2) is 19.1 Å². The van der Waals surface area contributed by atoms with Crippen LogP contribution in [0, 0.1) is 18.7 Å². The van der Waals surface area contributed by atoms with Gasteiger partial charge in [0, 0.05) is 42.7 Å². The van der Waals surface area contributed by atoms with Crippen LogP contribution in [-0.2, 0) is 33.5 Å². The minimum atomic E-state index is -0.0454. The Morgan fingerprint density at radius 3 is 2.41 bits per heavy atom. The first kappa shape index (κ1) is 32.1. The SMILES string of the molecule is [C-]#[N+]c1cc(Oc2[c-]c3c(cc2)c2cc(-c4ccccc4)ccc2n3-c2cc(C(C)(C)C)ccn2)[c-]c(-c2cc3ccn(C)c3cn2)c1.[Pt+2]. The fraction of sp³-hybridized carbons (Fsp3) is 0.119. The maximum Gasteiger partial charge on any atom is 2.00 e. The first-order chi connectivity index (χ1) is 23.2. The number of fused-ring (bicyclic) bond motifs is 4. The number of ether oxygens (including phenoxy) is 1. The molecule has 0 unspecified atom stereocenters. The second-order valence-electron chi connectivity index (χ2n) is 13.1. The van der Waals surface area contributed by atoms with Gasteiger partial charge in [0.05, 0.1) is 12.1 Å². The third-order valence-electron chi connectivity index (χ3n) is 8.82. The van der Waals surface area contributed by atoms with E-state index in [0.29, 0.717) is 22.7 Å². The number of benzene rings is 4. The third kappa shape index (κ3) is 5.92. The van der Waals surface area contributed by atoms with Crippen LogP contribution in [0.25, 0.3) is 65.8 Å². The Morgan fingerprint density at radius 1 is 0.776 bits per heavy atom. The summed E-state index contributed by atoms with van der Waals surface area (Å²) in [6, 6.07) is 39.7. The van der Waals surface area contributed by atoms with Crippen molar-refractivity contribution in [1.29, 1.82) is 0 Å². The molecule has 0 saturated heterocycles. The van der Waals surface area contributed by atoms with Gasteiger partial charge in [-0.25, -0.2) is 4.98 Å². The maximum absolute atomic E-state index is 7.76. The quantitative estimate of drug-likeness (QED) is 0.163. The molecule has 0 N–H and O–H groups in total. The molecule has 0 radical (unpaired) electrons. The number of hydrogen-bond acceptors (Lipinski definition) is 3. The molecule has 240 valence electrons. The number of pyridine rings is 2. The summed E-state index contributed by atoms with van der Waals surface area (Å²) in [4.78, 5) is 13.2. The third-order valence-corrected chi connectivity index (χ3v) is 8.82. The van der Waals surface area contributed by atoms with Crippen molar-refractivity contribution in [3.05, 3.63) is 145 Å². The monoisotopic (exact) mass is 816 g/mol. The van der Waals surface area contributed by atoms with Gasteiger partial charge >= 0.3 is 21.1 Å². The summed E-state index contributed by atoms with van der Waals surface area (Å²) in [6.07, 6.45) is 5.72. The van der Waals surface area contributed by atoms with E-state index in [4.69, 9.17) is 16.3 Å². The topological polar surface area (TPSA) is 49.2 Å². The average molecular weight is 817 g/mol. The minimum absolute atomic E-state index is 0. The summed E-state index contributed by atoms with van der Waals surface area (Å²) in [5.41, 5.74) is 8.22. The van der Waals surface area contributed by atoms with Crippen LogP contribution in [0.5, 0.6) is 11.5 Å². The Labute approximate surface area is 299 Å². The van der Waals surface area contributed by atoms with Crippen molar-refractivity contribution in [2.75, 3.05) is 0 Å². The second kappa shape index (κ2) is 12.5. The molecule has 0 fully saturated rings. The number of nitrogens with zero attached hydrogens (tertiary/aromatic N) is 5. The summed E-state index contributed by atoms with van der Waals surface area (Å²) in [5, 5.41) is 3.21. The van der Waals surface area contributed by atoms with Gasteiger partial charge in [0.1, 0.15) is 11.5 Å². The van der Waals surface area contributed by atoms with Gasteiger partial charge < -0.3 is 18.9 Å². The van der Waals surface area contributed by atoms with E-state index in [-0.39, 0.29) is 26.5 Å². The van der Waals surface area contributed by atoms with Crippen LogP contribution >= 0.6 is 0 Å². The first-order valence-corrected chi connectivity index (χ1v) is 15.8. The van der Waals surface area contributed by atoms with E-state index in [1.54, 1.807) is 12.1 Å². The van der Waals surface area contributed by atoms with Crippen molar-refractivity contribution in [2.24, 2.45) is 7.05 Å². The fourth-order valence-corrected chi connectivity index (χ4v) is 6.26. The van der Waals surface area contributed by atoms with E-state index in [1.807, 2.05) is 48.4 Å². The predicted octanol–water partition coefficient (Wildman–Crippen LogP) is 10.6. The summed E-state index contributed by atoms with van der Waals surface area (Å²) < 4.78 is 10.6. The van der Waals surface area contributed by atoms with Crippen molar-refractivity contribution in [2.45, 2.75) is 26.2 Å². The molecular formula is C42H31N5OPt. The summed E-state index contributed by atoms with van der Waals surface area (Å²) in [5.74, 6) is 1.75. The zero-order chi connectivity index (χ0) is 33.0. The van der Waals surface area contributed by atoms with Crippen LogP contribution in [0.2, 0.25) is 0 Å². The van der Waals surface area contributed by atoms with Gasteiger partial charge in [-0.3, -0.25) is 4.85 Å². The van der Waals surface area contributed by atoms with Crippen molar-refractivity contribution >= 4 is 38.4 Å². The Bertz CT molecular complexity index is 2550. The second-order valence-corrected chi connectivity index (χ2v) is 13.1. The number of rotatable bonds is 5. The Hall–Kier alpha value is -5.50. The number of hydrogen-bond donors (Lipinski definition) is 0. The van der Waals surface area contributed by atoms with Crippen LogP contribution in [0.15, 0.2) is 116 Å². The fourth-order valence-electron chi connectivity index (χ4n) is 6.26. The van der Waals surface area contributed by atoms with Crippen LogP contribution in [0.3, 0.4) is 0 Å². The van der Waals surface area contributed by atoms with Crippen molar-refractivity contribution in [1.82, 2.24) is 19.1 Å². The van der Waals surface area contributed by atoms with E-state index in [0.717, 1.165) is 55.3 Å². The smallest absolute Gasteiger partial charge is 0.504 e.